The molecule has 2 rings (SSSR count). The smallest absolute Gasteiger partial charge is 0.308 e. The fourth-order valence-corrected chi connectivity index (χ4v) is 2.21. The molecule has 2 N–H and O–H groups in total. The Morgan fingerprint density at radius 3 is 2.94 bits per heavy atom. The van der Waals surface area contributed by atoms with Crippen molar-refractivity contribution in [3.05, 3.63) is 35.1 Å². The average molecular weight is 223 g/mol. The quantitative estimate of drug-likeness (QED) is 0.799. The highest BCUT2D eigenvalue weighted by Gasteiger charge is 2.35. The molecule has 1 aliphatic rings. The summed E-state index contributed by atoms with van der Waals surface area (Å²) in [6, 6.07) is 4.84. The molecule has 0 amide bonds. The number of aryl methyl sites for hydroxylation is 1. The molecule has 3 nitrogen and oxygen atoms in total. The molecule has 1 fully saturated rings. The number of aliphatic carboxylic acids is 1. The number of hydrogen-bond acceptors (Lipinski definition) is 2. The SMILES string of the molecule is Cc1ccc(F)c(C2CNCC2C(=O)O)c1. The van der Waals surface area contributed by atoms with Gasteiger partial charge in [-0.2, -0.15) is 0 Å². The first-order valence-corrected chi connectivity index (χ1v) is 5.29. The Balaban J connectivity index is 2.35. The number of nitrogens with one attached hydrogen (secondary N) is 1. The van der Waals surface area contributed by atoms with E-state index in [1.807, 2.05) is 6.92 Å². The Morgan fingerprint density at radius 2 is 2.25 bits per heavy atom. The minimum absolute atomic E-state index is 0.266. The number of carbonyl (C=O) groups is 1. The molecule has 1 aromatic rings. The molecule has 0 bridgehead atoms. The van der Waals surface area contributed by atoms with Crippen LogP contribution in [0.4, 0.5) is 4.39 Å². The van der Waals surface area contributed by atoms with Gasteiger partial charge in [-0.25, -0.2) is 4.39 Å². The number of halogens is 1. The van der Waals surface area contributed by atoms with E-state index in [0.717, 1.165) is 5.56 Å². The third-order valence-corrected chi connectivity index (χ3v) is 3.08. The van der Waals surface area contributed by atoms with Gasteiger partial charge in [-0.3, -0.25) is 4.79 Å². The van der Waals surface area contributed by atoms with Gasteiger partial charge in [0.1, 0.15) is 5.82 Å². The monoisotopic (exact) mass is 223 g/mol. The Hall–Kier alpha value is -1.42. The maximum atomic E-state index is 13.6. The number of hydrogen-bond donors (Lipinski definition) is 2. The Kier molecular flexibility index (Phi) is 2.92. The van der Waals surface area contributed by atoms with E-state index in [-0.39, 0.29) is 11.7 Å². The van der Waals surface area contributed by atoms with Gasteiger partial charge in [0.15, 0.2) is 0 Å². The zero-order valence-corrected chi connectivity index (χ0v) is 9.03. The summed E-state index contributed by atoms with van der Waals surface area (Å²) < 4.78 is 13.6. The average Bonchev–Trinajstić information content (AvgIpc) is 2.70. The van der Waals surface area contributed by atoms with Crippen LogP contribution in [0.1, 0.15) is 17.0 Å². The van der Waals surface area contributed by atoms with Crippen molar-refractivity contribution in [2.24, 2.45) is 5.92 Å². The Labute approximate surface area is 93.3 Å². The highest BCUT2D eigenvalue weighted by molar-refractivity contribution is 5.72. The number of benzene rings is 1. The van der Waals surface area contributed by atoms with Gasteiger partial charge in [0, 0.05) is 19.0 Å². The molecule has 0 spiro atoms. The van der Waals surface area contributed by atoms with Crippen LogP contribution < -0.4 is 5.32 Å². The molecular weight excluding hydrogens is 209 g/mol. The standard InChI is InChI=1S/C12H14FNO2/c1-7-2-3-11(13)8(4-7)9-5-14-6-10(9)12(15)16/h2-4,9-10,14H,5-6H2,1H3,(H,15,16). The van der Waals surface area contributed by atoms with E-state index in [0.29, 0.717) is 18.7 Å². The summed E-state index contributed by atoms with van der Waals surface area (Å²) >= 11 is 0. The normalized spacial score (nSPS) is 24.6. The predicted octanol–water partition coefficient (Wildman–Crippen LogP) is 1.52. The maximum Gasteiger partial charge on any atom is 0.308 e. The van der Waals surface area contributed by atoms with E-state index < -0.39 is 11.9 Å². The van der Waals surface area contributed by atoms with Crippen molar-refractivity contribution in [1.29, 1.82) is 0 Å². The third kappa shape index (κ3) is 1.93. The lowest BCUT2D eigenvalue weighted by atomic mass is 9.88. The maximum absolute atomic E-state index is 13.6. The molecule has 2 unspecified atom stereocenters. The molecule has 1 aliphatic heterocycles. The molecular formula is C12H14FNO2. The van der Waals surface area contributed by atoms with Crippen LogP contribution in [0.5, 0.6) is 0 Å². The van der Waals surface area contributed by atoms with Crippen molar-refractivity contribution in [3.63, 3.8) is 0 Å². The zero-order chi connectivity index (χ0) is 11.7. The van der Waals surface area contributed by atoms with Crippen molar-refractivity contribution in [2.75, 3.05) is 13.1 Å². The van der Waals surface area contributed by atoms with Crippen LogP contribution in [0, 0.1) is 18.7 Å². The van der Waals surface area contributed by atoms with Crippen LogP contribution in [0.25, 0.3) is 0 Å². The summed E-state index contributed by atoms with van der Waals surface area (Å²) in [5.41, 5.74) is 1.46. The highest BCUT2D eigenvalue weighted by Crippen LogP contribution is 2.30. The third-order valence-electron chi connectivity index (χ3n) is 3.08. The van der Waals surface area contributed by atoms with E-state index in [4.69, 9.17) is 5.11 Å². The molecule has 2 atom stereocenters. The summed E-state index contributed by atoms with van der Waals surface area (Å²) in [6.07, 6.45) is 0. The number of carboxylic acids is 1. The fourth-order valence-electron chi connectivity index (χ4n) is 2.21. The Bertz CT molecular complexity index is 419. The van der Waals surface area contributed by atoms with Crippen molar-refractivity contribution in [1.82, 2.24) is 5.32 Å². The van der Waals surface area contributed by atoms with Crippen molar-refractivity contribution >= 4 is 5.97 Å². The minimum Gasteiger partial charge on any atom is -0.481 e. The van der Waals surface area contributed by atoms with Crippen LogP contribution >= 0.6 is 0 Å². The molecule has 4 heteroatoms. The lowest BCUT2D eigenvalue weighted by molar-refractivity contribution is -0.141. The first kappa shape index (κ1) is 11.1. The molecule has 1 aromatic carbocycles. The predicted molar refractivity (Wildman–Crippen MR) is 57.9 cm³/mol. The van der Waals surface area contributed by atoms with Crippen molar-refractivity contribution in [2.45, 2.75) is 12.8 Å². The highest BCUT2D eigenvalue weighted by atomic mass is 19.1. The van der Waals surface area contributed by atoms with E-state index in [1.54, 1.807) is 12.1 Å². The summed E-state index contributed by atoms with van der Waals surface area (Å²) in [7, 11) is 0. The first-order chi connectivity index (χ1) is 7.59. The molecule has 1 heterocycles. The van der Waals surface area contributed by atoms with Gasteiger partial charge < -0.3 is 10.4 Å². The van der Waals surface area contributed by atoms with Gasteiger partial charge in [0.25, 0.3) is 0 Å². The van der Waals surface area contributed by atoms with Crippen molar-refractivity contribution < 1.29 is 14.3 Å². The summed E-state index contributed by atoms with van der Waals surface area (Å²) in [5.74, 6) is -1.98. The minimum atomic E-state index is -0.865. The summed E-state index contributed by atoms with van der Waals surface area (Å²) in [5, 5.41) is 12.0. The van der Waals surface area contributed by atoms with Crippen molar-refractivity contribution in [3.8, 4) is 0 Å². The number of rotatable bonds is 2. The number of carboxylic acid groups (broad SMARTS) is 1. The molecule has 0 aliphatic carbocycles. The second-order valence-corrected chi connectivity index (χ2v) is 4.23. The van der Waals surface area contributed by atoms with Crippen LogP contribution in [-0.4, -0.2) is 24.2 Å². The lowest BCUT2D eigenvalue weighted by Gasteiger charge is -2.16. The second-order valence-electron chi connectivity index (χ2n) is 4.23. The van der Waals surface area contributed by atoms with Gasteiger partial charge in [-0.05, 0) is 18.6 Å². The molecule has 0 aromatic heterocycles. The van der Waals surface area contributed by atoms with Gasteiger partial charge in [-0.1, -0.05) is 17.7 Å². The van der Waals surface area contributed by atoms with E-state index in [2.05, 4.69) is 5.32 Å². The molecule has 0 saturated carbocycles. The fraction of sp³-hybridized carbons (Fsp3) is 0.417. The van der Waals surface area contributed by atoms with Crippen LogP contribution in [0.3, 0.4) is 0 Å². The van der Waals surface area contributed by atoms with E-state index in [9.17, 15) is 9.18 Å². The van der Waals surface area contributed by atoms with Gasteiger partial charge in [0.2, 0.25) is 0 Å². The molecule has 0 radical (unpaired) electrons. The molecule has 16 heavy (non-hydrogen) atoms. The van der Waals surface area contributed by atoms with Gasteiger partial charge >= 0.3 is 5.97 Å². The molecule has 86 valence electrons. The second kappa shape index (κ2) is 4.22. The summed E-state index contributed by atoms with van der Waals surface area (Å²) in [4.78, 5) is 11.0. The van der Waals surface area contributed by atoms with Crippen LogP contribution in [0.15, 0.2) is 18.2 Å². The van der Waals surface area contributed by atoms with Gasteiger partial charge in [-0.15, -0.1) is 0 Å². The summed E-state index contributed by atoms with van der Waals surface area (Å²) in [6.45, 7) is 2.81. The van der Waals surface area contributed by atoms with E-state index in [1.165, 1.54) is 6.07 Å². The van der Waals surface area contributed by atoms with Crippen LogP contribution in [-0.2, 0) is 4.79 Å². The van der Waals surface area contributed by atoms with Gasteiger partial charge in [0.05, 0.1) is 5.92 Å². The zero-order valence-electron chi connectivity index (χ0n) is 9.03. The topological polar surface area (TPSA) is 49.3 Å². The largest absolute Gasteiger partial charge is 0.481 e. The van der Waals surface area contributed by atoms with Crippen LogP contribution in [0.2, 0.25) is 0 Å². The molecule has 1 saturated heterocycles. The van der Waals surface area contributed by atoms with E-state index >= 15 is 0 Å². The first-order valence-electron chi connectivity index (χ1n) is 5.29. The Morgan fingerprint density at radius 1 is 1.50 bits per heavy atom. The lowest BCUT2D eigenvalue weighted by Crippen LogP contribution is -2.21.